The molecular formula is C15H22O2. The molecule has 0 amide bonds. The van der Waals surface area contributed by atoms with Gasteiger partial charge in [-0.25, -0.2) is 0 Å². The normalized spacial score (nSPS) is 29.2. The Bertz CT molecular complexity index is 341. The fourth-order valence-electron chi connectivity index (χ4n) is 3.14. The molecule has 2 nitrogen and oxygen atoms in total. The van der Waals surface area contributed by atoms with E-state index < -0.39 is 0 Å². The minimum Gasteiger partial charge on any atom is -0.300 e. The molecule has 2 unspecified atom stereocenters. The summed E-state index contributed by atoms with van der Waals surface area (Å²) in [4.78, 5) is 23.0. The summed E-state index contributed by atoms with van der Waals surface area (Å²) in [5.74, 6) is 1.23. The lowest BCUT2D eigenvalue weighted by molar-refractivity contribution is -0.120. The van der Waals surface area contributed by atoms with Gasteiger partial charge >= 0.3 is 0 Å². The van der Waals surface area contributed by atoms with E-state index in [2.05, 4.69) is 0 Å². The van der Waals surface area contributed by atoms with Crippen LogP contribution in [0.2, 0.25) is 0 Å². The maximum absolute atomic E-state index is 12.0. The minimum absolute atomic E-state index is 0.116. The number of hydrogen-bond acceptors (Lipinski definition) is 2. The summed E-state index contributed by atoms with van der Waals surface area (Å²) in [5.41, 5.74) is 1.39. The fourth-order valence-corrected chi connectivity index (χ4v) is 3.14. The van der Waals surface area contributed by atoms with Crippen LogP contribution in [0.4, 0.5) is 0 Å². The van der Waals surface area contributed by atoms with Crippen molar-refractivity contribution in [3.05, 3.63) is 11.6 Å². The maximum Gasteiger partial charge on any atom is 0.158 e. The van der Waals surface area contributed by atoms with Crippen LogP contribution in [-0.4, -0.2) is 11.6 Å². The fraction of sp³-hybridized carbons (Fsp3) is 0.733. The topological polar surface area (TPSA) is 34.1 Å². The molecule has 17 heavy (non-hydrogen) atoms. The second-order valence-electron chi connectivity index (χ2n) is 5.59. The van der Waals surface area contributed by atoms with E-state index in [0.717, 1.165) is 19.3 Å². The van der Waals surface area contributed by atoms with Gasteiger partial charge in [0.1, 0.15) is 5.78 Å². The highest BCUT2D eigenvalue weighted by Gasteiger charge is 2.30. The van der Waals surface area contributed by atoms with Crippen LogP contribution < -0.4 is 0 Å². The van der Waals surface area contributed by atoms with Crippen LogP contribution in [0.1, 0.15) is 58.3 Å². The predicted octanol–water partition coefficient (Wildman–Crippen LogP) is 3.45. The molecule has 0 aliphatic heterocycles. The van der Waals surface area contributed by atoms with Gasteiger partial charge in [0.2, 0.25) is 0 Å². The van der Waals surface area contributed by atoms with Crippen LogP contribution in [0, 0.1) is 11.8 Å². The Morgan fingerprint density at radius 2 is 2.18 bits per heavy atom. The molecule has 0 aromatic carbocycles. The third-order valence-electron chi connectivity index (χ3n) is 4.19. The number of rotatable bonds is 3. The molecule has 2 aliphatic rings. The predicted molar refractivity (Wildman–Crippen MR) is 67.7 cm³/mol. The molecule has 2 heteroatoms. The third-order valence-corrected chi connectivity index (χ3v) is 4.19. The number of fused-ring (bicyclic) bond motifs is 1. The van der Waals surface area contributed by atoms with E-state index in [1.807, 2.05) is 6.08 Å². The van der Waals surface area contributed by atoms with Crippen LogP contribution in [0.5, 0.6) is 0 Å². The number of hydrogen-bond donors (Lipinski definition) is 0. The average molecular weight is 234 g/mol. The van der Waals surface area contributed by atoms with E-state index in [4.69, 9.17) is 0 Å². The van der Waals surface area contributed by atoms with Gasteiger partial charge in [-0.3, -0.25) is 4.79 Å². The summed E-state index contributed by atoms with van der Waals surface area (Å²) in [6.45, 7) is 1.61. The Hall–Kier alpha value is -0.920. The molecule has 2 aliphatic carbocycles. The molecule has 1 saturated carbocycles. The molecule has 0 aromatic heterocycles. The van der Waals surface area contributed by atoms with Crippen molar-refractivity contribution in [2.45, 2.75) is 58.3 Å². The lowest BCUT2D eigenvalue weighted by atomic mass is 9.76. The highest BCUT2D eigenvalue weighted by atomic mass is 16.1. The van der Waals surface area contributed by atoms with E-state index in [9.17, 15) is 9.59 Å². The Morgan fingerprint density at radius 3 is 2.94 bits per heavy atom. The second-order valence-corrected chi connectivity index (χ2v) is 5.59. The zero-order chi connectivity index (χ0) is 12.3. The van der Waals surface area contributed by atoms with Crippen LogP contribution >= 0.6 is 0 Å². The maximum atomic E-state index is 12.0. The van der Waals surface area contributed by atoms with Gasteiger partial charge in [-0.05, 0) is 51.0 Å². The molecule has 2 atom stereocenters. The molecule has 2 rings (SSSR count). The SMILES string of the molecule is CC(=O)CCC1CC2CCCCCC2=CC1=O. The van der Waals surface area contributed by atoms with Crippen molar-refractivity contribution in [2.75, 3.05) is 0 Å². The lowest BCUT2D eigenvalue weighted by Gasteiger charge is -2.27. The highest BCUT2D eigenvalue weighted by molar-refractivity contribution is 5.93. The average Bonchev–Trinajstić information content (AvgIpc) is 2.50. The number of carbonyl (C=O) groups excluding carboxylic acids is 2. The van der Waals surface area contributed by atoms with Gasteiger partial charge in [-0.15, -0.1) is 0 Å². The Labute approximate surface area is 103 Å². The quantitative estimate of drug-likeness (QED) is 0.749. The van der Waals surface area contributed by atoms with Crippen molar-refractivity contribution >= 4 is 11.6 Å². The zero-order valence-corrected chi connectivity index (χ0v) is 10.7. The monoisotopic (exact) mass is 234 g/mol. The van der Waals surface area contributed by atoms with E-state index >= 15 is 0 Å². The first-order valence-corrected chi connectivity index (χ1v) is 6.90. The first kappa shape index (κ1) is 12.5. The van der Waals surface area contributed by atoms with Crippen molar-refractivity contribution in [1.82, 2.24) is 0 Å². The standard InChI is InChI=1S/C15H22O2/c1-11(16)7-8-14-9-12-5-3-2-4-6-13(12)10-15(14)17/h10,12,14H,2-9H2,1H3. The van der Waals surface area contributed by atoms with Crippen molar-refractivity contribution < 1.29 is 9.59 Å². The Morgan fingerprint density at radius 1 is 1.35 bits per heavy atom. The summed E-state index contributed by atoms with van der Waals surface area (Å²) in [7, 11) is 0. The van der Waals surface area contributed by atoms with Gasteiger partial charge in [0.15, 0.2) is 5.78 Å². The molecule has 0 heterocycles. The molecule has 0 radical (unpaired) electrons. The molecule has 0 bridgehead atoms. The van der Waals surface area contributed by atoms with Crippen LogP contribution in [0.25, 0.3) is 0 Å². The second kappa shape index (κ2) is 5.61. The smallest absolute Gasteiger partial charge is 0.158 e. The van der Waals surface area contributed by atoms with E-state index in [1.54, 1.807) is 6.92 Å². The molecular weight excluding hydrogens is 212 g/mol. The first-order valence-electron chi connectivity index (χ1n) is 6.90. The molecule has 0 N–H and O–H groups in total. The Kier molecular flexibility index (Phi) is 4.14. The minimum atomic E-state index is 0.116. The van der Waals surface area contributed by atoms with Gasteiger partial charge in [0.25, 0.3) is 0 Å². The summed E-state index contributed by atoms with van der Waals surface area (Å²) < 4.78 is 0. The van der Waals surface area contributed by atoms with Crippen molar-refractivity contribution in [2.24, 2.45) is 11.8 Å². The molecule has 0 spiro atoms. The molecule has 0 saturated heterocycles. The lowest BCUT2D eigenvalue weighted by Crippen LogP contribution is -2.24. The van der Waals surface area contributed by atoms with Gasteiger partial charge in [0.05, 0.1) is 0 Å². The summed E-state index contributed by atoms with van der Waals surface area (Å²) >= 11 is 0. The summed E-state index contributed by atoms with van der Waals surface area (Å²) in [6, 6.07) is 0. The van der Waals surface area contributed by atoms with E-state index in [1.165, 1.54) is 31.3 Å². The van der Waals surface area contributed by atoms with Gasteiger partial charge in [-0.1, -0.05) is 18.4 Å². The van der Waals surface area contributed by atoms with Crippen molar-refractivity contribution in [1.29, 1.82) is 0 Å². The number of carbonyl (C=O) groups is 2. The molecule has 1 fully saturated rings. The van der Waals surface area contributed by atoms with Gasteiger partial charge in [0, 0.05) is 12.3 Å². The van der Waals surface area contributed by atoms with E-state index in [0.29, 0.717) is 12.3 Å². The zero-order valence-electron chi connectivity index (χ0n) is 10.7. The van der Waals surface area contributed by atoms with Crippen LogP contribution in [0.3, 0.4) is 0 Å². The van der Waals surface area contributed by atoms with Crippen molar-refractivity contribution in [3.8, 4) is 0 Å². The van der Waals surface area contributed by atoms with Crippen molar-refractivity contribution in [3.63, 3.8) is 0 Å². The highest BCUT2D eigenvalue weighted by Crippen LogP contribution is 2.37. The van der Waals surface area contributed by atoms with Gasteiger partial charge in [-0.2, -0.15) is 0 Å². The largest absolute Gasteiger partial charge is 0.300 e. The molecule has 94 valence electrons. The first-order chi connectivity index (χ1) is 8.16. The molecule has 0 aromatic rings. The van der Waals surface area contributed by atoms with Crippen LogP contribution in [0.15, 0.2) is 11.6 Å². The number of ketones is 2. The summed E-state index contributed by atoms with van der Waals surface area (Å²) in [6.07, 6.45) is 10.4. The number of Topliss-reactive ketones (excluding diaryl/α,β-unsaturated/α-hetero) is 1. The number of allylic oxidation sites excluding steroid dienone is 2. The summed E-state index contributed by atoms with van der Waals surface area (Å²) in [5, 5.41) is 0. The third kappa shape index (κ3) is 3.27. The van der Waals surface area contributed by atoms with E-state index in [-0.39, 0.29) is 17.5 Å². The van der Waals surface area contributed by atoms with Gasteiger partial charge < -0.3 is 4.79 Å². The Balaban J connectivity index is 2.01. The van der Waals surface area contributed by atoms with Crippen LogP contribution in [-0.2, 0) is 9.59 Å².